The summed E-state index contributed by atoms with van der Waals surface area (Å²) in [6.45, 7) is 8.71. The molecule has 0 saturated heterocycles. The molecule has 3 rings (SSSR count). The zero-order chi connectivity index (χ0) is 28.1. The molecule has 7 nitrogen and oxygen atoms in total. The summed E-state index contributed by atoms with van der Waals surface area (Å²) in [5.41, 5.74) is 1.41. The fourth-order valence-corrected chi connectivity index (χ4v) is 5.91. The van der Waals surface area contributed by atoms with Crippen LogP contribution in [0.5, 0.6) is 0 Å². The van der Waals surface area contributed by atoms with Crippen molar-refractivity contribution < 1.29 is 18.0 Å². The summed E-state index contributed by atoms with van der Waals surface area (Å²) in [6.07, 6.45) is 0. The van der Waals surface area contributed by atoms with Crippen LogP contribution in [0.15, 0.2) is 88.2 Å². The van der Waals surface area contributed by atoms with Crippen LogP contribution in [0.4, 0.5) is 5.69 Å². The number of aryl methyl sites for hydroxylation is 1. The molecule has 0 aromatic heterocycles. The second-order valence-electron chi connectivity index (χ2n) is 10.2. The van der Waals surface area contributed by atoms with Gasteiger partial charge in [-0.15, -0.1) is 0 Å². The first kappa shape index (κ1) is 29.4. The molecule has 0 aliphatic heterocycles. The van der Waals surface area contributed by atoms with Gasteiger partial charge in [0.15, 0.2) is 0 Å². The largest absolute Gasteiger partial charge is 0.350 e. The van der Waals surface area contributed by atoms with Crippen molar-refractivity contribution in [1.82, 2.24) is 10.2 Å². The lowest BCUT2D eigenvalue weighted by atomic mass is 10.1. The van der Waals surface area contributed by atoms with E-state index in [9.17, 15) is 18.0 Å². The van der Waals surface area contributed by atoms with Gasteiger partial charge in [0.1, 0.15) is 12.6 Å². The van der Waals surface area contributed by atoms with Gasteiger partial charge in [-0.1, -0.05) is 64.5 Å². The van der Waals surface area contributed by atoms with Gasteiger partial charge in [0.25, 0.3) is 10.0 Å². The summed E-state index contributed by atoms with van der Waals surface area (Å²) in [4.78, 5) is 28.6. The van der Waals surface area contributed by atoms with Crippen molar-refractivity contribution >= 4 is 43.5 Å². The molecule has 0 radical (unpaired) electrons. The number of nitrogens with zero attached hydrogens (tertiary/aromatic N) is 2. The predicted octanol–water partition coefficient (Wildman–Crippen LogP) is 5.28. The lowest BCUT2D eigenvalue weighted by Crippen LogP contribution is -2.54. The van der Waals surface area contributed by atoms with E-state index in [1.807, 2.05) is 51.1 Å². The number of anilines is 1. The SMILES string of the molecule is Cc1ccccc1N(CC(=O)N(Cc1cccc(Br)c1)[C@H](C)C(=O)NC(C)(C)C)S(=O)(=O)c1ccccc1. The highest BCUT2D eigenvalue weighted by Gasteiger charge is 2.33. The Balaban J connectivity index is 2.04. The van der Waals surface area contributed by atoms with Gasteiger partial charge in [-0.3, -0.25) is 13.9 Å². The molecule has 0 bridgehead atoms. The molecular formula is C29H34BrN3O4S. The minimum atomic E-state index is -4.08. The summed E-state index contributed by atoms with van der Waals surface area (Å²) >= 11 is 3.46. The summed E-state index contributed by atoms with van der Waals surface area (Å²) in [5.74, 6) is -0.821. The molecule has 2 amide bonds. The highest BCUT2D eigenvalue weighted by molar-refractivity contribution is 9.10. The van der Waals surface area contributed by atoms with Crippen LogP contribution in [0.1, 0.15) is 38.8 Å². The second-order valence-corrected chi connectivity index (χ2v) is 13.0. The summed E-state index contributed by atoms with van der Waals surface area (Å²) in [6, 6.07) is 21.7. The number of halogens is 1. The zero-order valence-electron chi connectivity index (χ0n) is 22.3. The van der Waals surface area contributed by atoms with Crippen LogP contribution in [-0.4, -0.2) is 43.3 Å². The zero-order valence-corrected chi connectivity index (χ0v) is 24.7. The lowest BCUT2D eigenvalue weighted by molar-refractivity contribution is -0.140. The van der Waals surface area contributed by atoms with Gasteiger partial charge in [0, 0.05) is 16.6 Å². The highest BCUT2D eigenvalue weighted by Crippen LogP contribution is 2.27. The third kappa shape index (κ3) is 7.45. The number of para-hydroxylation sites is 1. The van der Waals surface area contributed by atoms with Crippen molar-refractivity contribution in [2.24, 2.45) is 0 Å². The third-order valence-corrected chi connectivity index (χ3v) is 8.17. The number of benzene rings is 3. The highest BCUT2D eigenvalue weighted by atomic mass is 79.9. The molecule has 1 atom stereocenters. The molecule has 0 aliphatic rings. The maximum Gasteiger partial charge on any atom is 0.264 e. The minimum Gasteiger partial charge on any atom is -0.350 e. The van der Waals surface area contributed by atoms with E-state index in [1.165, 1.54) is 17.0 Å². The number of carbonyl (C=O) groups is 2. The minimum absolute atomic E-state index is 0.0770. The topological polar surface area (TPSA) is 86.8 Å². The average molecular weight is 601 g/mol. The van der Waals surface area contributed by atoms with Gasteiger partial charge in [-0.05, 0) is 76.1 Å². The Kier molecular flexibility index (Phi) is 9.38. The Morgan fingerprint density at radius 1 is 0.947 bits per heavy atom. The predicted molar refractivity (Wildman–Crippen MR) is 154 cm³/mol. The van der Waals surface area contributed by atoms with E-state index in [1.54, 1.807) is 50.2 Å². The van der Waals surface area contributed by atoms with Gasteiger partial charge in [-0.25, -0.2) is 8.42 Å². The molecule has 0 unspecified atom stereocenters. The molecule has 3 aromatic rings. The van der Waals surface area contributed by atoms with E-state index in [2.05, 4.69) is 21.2 Å². The van der Waals surface area contributed by atoms with E-state index >= 15 is 0 Å². The number of carbonyl (C=O) groups excluding carboxylic acids is 2. The van der Waals surface area contributed by atoms with Gasteiger partial charge >= 0.3 is 0 Å². The van der Waals surface area contributed by atoms with Gasteiger partial charge < -0.3 is 10.2 Å². The number of hydrogen-bond acceptors (Lipinski definition) is 4. The van der Waals surface area contributed by atoms with Crippen LogP contribution < -0.4 is 9.62 Å². The van der Waals surface area contributed by atoms with Crippen molar-refractivity contribution in [3.05, 3.63) is 94.5 Å². The van der Waals surface area contributed by atoms with E-state index in [-0.39, 0.29) is 17.3 Å². The summed E-state index contributed by atoms with van der Waals surface area (Å²) < 4.78 is 29.6. The standard InChI is InChI=1S/C29H34BrN3O4S/c1-21-12-9-10-17-26(21)33(38(36,37)25-15-7-6-8-16-25)20-27(34)32(19-23-13-11-14-24(30)18-23)22(2)28(35)31-29(3,4)5/h6-18,22H,19-20H2,1-5H3,(H,31,35)/t22-/m1/s1. The van der Waals surface area contributed by atoms with E-state index in [0.29, 0.717) is 11.3 Å². The van der Waals surface area contributed by atoms with Crippen LogP contribution in [-0.2, 0) is 26.2 Å². The van der Waals surface area contributed by atoms with E-state index < -0.39 is 34.1 Å². The fraction of sp³-hybridized carbons (Fsp3) is 0.310. The molecule has 0 heterocycles. The Hall–Kier alpha value is -3.17. The number of rotatable bonds is 9. The molecule has 0 fully saturated rings. The van der Waals surface area contributed by atoms with Crippen molar-refractivity contribution in [3.8, 4) is 0 Å². The Labute approximate surface area is 234 Å². The van der Waals surface area contributed by atoms with Crippen LogP contribution >= 0.6 is 15.9 Å². The Bertz CT molecular complexity index is 1390. The maximum absolute atomic E-state index is 13.9. The smallest absolute Gasteiger partial charge is 0.264 e. The normalized spacial score (nSPS) is 12.5. The number of nitrogens with one attached hydrogen (secondary N) is 1. The molecule has 0 saturated carbocycles. The van der Waals surface area contributed by atoms with E-state index in [4.69, 9.17) is 0 Å². The quantitative estimate of drug-likeness (QED) is 0.362. The van der Waals surface area contributed by atoms with Crippen LogP contribution in [0.2, 0.25) is 0 Å². The van der Waals surface area contributed by atoms with Crippen molar-refractivity contribution in [2.75, 3.05) is 10.8 Å². The first-order valence-electron chi connectivity index (χ1n) is 12.3. The molecule has 0 aliphatic carbocycles. The fourth-order valence-electron chi connectivity index (χ4n) is 3.96. The summed E-state index contributed by atoms with van der Waals surface area (Å²) in [5, 5.41) is 2.93. The Morgan fingerprint density at radius 3 is 2.18 bits per heavy atom. The van der Waals surface area contributed by atoms with Crippen LogP contribution in [0.25, 0.3) is 0 Å². The molecule has 1 N–H and O–H groups in total. The number of hydrogen-bond donors (Lipinski definition) is 1. The summed E-state index contributed by atoms with van der Waals surface area (Å²) in [7, 11) is -4.08. The second kappa shape index (κ2) is 12.1. The van der Waals surface area contributed by atoms with Gasteiger partial charge in [0.05, 0.1) is 10.6 Å². The van der Waals surface area contributed by atoms with Gasteiger partial charge in [0.2, 0.25) is 11.8 Å². The molecule has 3 aromatic carbocycles. The third-order valence-electron chi connectivity index (χ3n) is 5.90. The van der Waals surface area contributed by atoms with Crippen molar-refractivity contribution in [1.29, 1.82) is 0 Å². The first-order valence-corrected chi connectivity index (χ1v) is 14.5. The molecular weight excluding hydrogens is 566 g/mol. The molecule has 202 valence electrons. The van der Waals surface area contributed by atoms with Crippen molar-refractivity contribution in [2.45, 2.75) is 57.6 Å². The van der Waals surface area contributed by atoms with Gasteiger partial charge in [-0.2, -0.15) is 0 Å². The first-order chi connectivity index (χ1) is 17.8. The van der Waals surface area contributed by atoms with E-state index in [0.717, 1.165) is 14.3 Å². The number of sulfonamides is 1. The number of amides is 2. The Morgan fingerprint density at radius 2 is 1.58 bits per heavy atom. The average Bonchev–Trinajstić information content (AvgIpc) is 2.85. The van der Waals surface area contributed by atoms with Crippen LogP contribution in [0, 0.1) is 6.92 Å². The molecule has 38 heavy (non-hydrogen) atoms. The monoisotopic (exact) mass is 599 g/mol. The maximum atomic E-state index is 13.9. The van der Waals surface area contributed by atoms with Crippen LogP contribution in [0.3, 0.4) is 0 Å². The molecule has 9 heteroatoms. The lowest BCUT2D eigenvalue weighted by Gasteiger charge is -2.33. The molecule has 0 spiro atoms. The van der Waals surface area contributed by atoms with Crippen molar-refractivity contribution in [3.63, 3.8) is 0 Å².